The Kier molecular flexibility index (Phi) is 7.82. The molecule has 2 rings (SSSR count). The molecule has 1 aromatic carbocycles. The second-order valence-corrected chi connectivity index (χ2v) is 6.26. The first-order chi connectivity index (χ1) is 10.5. The van der Waals surface area contributed by atoms with Crippen molar-refractivity contribution in [2.45, 2.75) is 31.7 Å². The normalized spacial score (nSPS) is 21.3. The van der Waals surface area contributed by atoms with Gasteiger partial charge in [-0.3, -0.25) is 9.59 Å². The second-order valence-electron chi connectivity index (χ2n) is 5.82. The van der Waals surface area contributed by atoms with E-state index in [9.17, 15) is 9.59 Å². The van der Waals surface area contributed by atoms with Crippen molar-refractivity contribution >= 4 is 35.8 Å². The Morgan fingerprint density at radius 3 is 2.70 bits per heavy atom. The van der Waals surface area contributed by atoms with E-state index >= 15 is 0 Å². The Balaban J connectivity index is 0.00000264. The van der Waals surface area contributed by atoms with Gasteiger partial charge in [-0.25, -0.2) is 0 Å². The third kappa shape index (κ3) is 5.37. The number of hydrogen-bond donors (Lipinski definition) is 3. The highest BCUT2D eigenvalue weighted by Crippen LogP contribution is 2.32. The minimum absolute atomic E-state index is 0. The molecule has 5 N–H and O–H groups in total. The molecule has 0 bridgehead atoms. The molecule has 1 aliphatic rings. The molecule has 7 heteroatoms. The molecule has 0 spiro atoms. The zero-order valence-electron chi connectivity index (χ0n) is 12.8. The molecule has 1 saturated carbocycles. The lowest BCUT2D eigenvalue weighted by molar-refractivity contribution is -0.127. The first-order valence-corrected chi connectivity index (χ1v) is 7.93. The third-order valence-corrected chi connectivity index (χ3v) is 4.51. The van der Waals surface area contributed by atoms with Gasteiger partial charge in [-0.15, -0.1) is 12.4 Å². The Morgan fingerprint density at radius 1 is 1.35 bits per heavy atom. The molecule has 0 aliphatic heterocycles. The first kappa shape index (κ1) is 19.7. The molecular weight excluding hydrogens is 337 g/mol. The predicted octanol–water partition coefficient (Wildman–Crippen LogP) is 2.17. The standard InChI is InChI=1S/C16H22ClN3O2.ClH/c17-12-5-1-3-10(7-12)14(8-15(19)21)20-16(22)13-6-2-4-11(13)9-18;/h1,3,5,7,11,13-14H,2,4,6,8-9,18H2,(H2,19,21)(H,20,22);1H/t11-,13-,14-;/m1./s1. The monoisotopic (exact) mass is 359 g/mol. The lowest BCUT2D eigenvalue weighted by Crippen LogP contribution is -2.38. The van der Waals surface area contributed by atoms with Crippen LogP contribution >= 0.6 is 24.0 Å². The van der Waals surface area contributed by atoms with E-state index in [0.29, 0.717) is 11.6 Å². The van der Waals surface area contributed by atoms with Crippen LogP contribution in [-0.4, -0.2) is 18.4 Å². The van der Waals surface area contributed by atoms with Gasteiger partial charge >= 0.3 is 0 Å². The highest BCUT2D eigenvalue weighted by Gasteiger charge is 2.33. The van der Waals surface area contributed by atoms with Gasteiger partial charge in [0.05, 0.1) is 12.5 Å². The molecule has 0 unspecified atom stereocenters. The number of amides is 2. The Bertz CT molecular complexity index is 554. The van der Waals surface area contributed by atoms with Gasteiger partial charge in [0.15, 0.2) is 0 Å². The SMILES string of the molecule is Cl.NC[C@H]1CCC[C@H]1C(=O)N[C@H](CC(N)=O)c1cccc(Cl)c1. The van der Waals surface area contributed by atoms with Gasteiger partial charge in [0.1, 0.15) is 0 Å². The molecule has 1 aliphatic carbocycles. The van der Waals surface area contributed by atoms with Crippen LogP contribution in [0.5, 0.6) is 0 Å². The van der Waals surface area contributed by atoms with Crippen LogP contribution in [0.4, 0.5) is 0 Å². The molecule has 0 radical (unpaired) electrons. The molecule has 0 heterocycles. The van der Waals surface area contributed by atoms with Crippen molar-refractivity contribution in [2.24, 2.45) is 23.3 Å². The predicted molar refractivity (Wildman–Crippen MR) is 93.3 cm³/mol. The summed E-state index contributed by atoms with van der Waals surface area (Å²) in [7, 11) is 0. The highest BCUT2D eigenvalue weighted by atomic mass is 35.5. The molecular formula is C16H23Cl2N3O2. The summed E-state index contributed by atoms with van der Waals surface area (Å²) in [6.45, 7) is 0.510. The van der Waals surface area contributed by atoms with Crippen LogP contribution in [0.3, 0.4) is 0 Å². The number of hydrogen-bond acceptors (Lipinski definition) is 3. The molecule has 1 aromatic rings. The zero-order valence-corrected chi connectivity index (χ0v) is 14.4. The molecule has 1 fully saturated rings. The van der Waals surface area contributed by atoms with Crippen molar-refractivity contribution in [3.05, 3.63) is 34.9 Å². The Morgan fingerprint density at radius 2 is 2.09 bits per heavy atom. The highest BCUT2D eigenvalue weighted by molar-refractivity contribution is 6.30. The molecule has 128 valence electrons. The number of nitrogens with one attached hydrogen (secondary N) is 1. The van der Waals surface area contributed by atoms with Gasteiger partial charge in [-0.2, -0.15) is 0 Å². The minimum atomic E-state index is -0.466. The molecule has 0 aromatic heterocycles. The topological polar surface area (TPSA) is 98.2 Å². The summed E-state index contributed by atoms with van der Waals surface area (Å²) in [5.74, 6) is -0.389. The first-order valence-electron chi connectivity index (χ1n) is 7.55. The van der Waals surface area contributed by atoms with Crippen LogP contribution < -0.4 is 16.8 Å². The van der Waals surface area contributed by atoms with Gasteiger partial charge < -0.3 is 16.8 Å². The number of carbonyl (C=O) groups excluding carboxylic acids is 2. The van der Waals surface area contributed by atoms with Crippen LogP contribution in [0.25, 0.3) is 0 Å². The second kappa shape index (κ2) is 9.11. The van der Waals surface area contributed by atoms with Crippen molar-refractivity contribution in [1.82, 2.24) is 5.32 Å². The number of carbonyl (C=O) groups is 2. The average Bonchev–Trinajstić information content (AvgIpc) is 2.94. The van der Waals surface area contributed by atoms with Crippen LogP contribution in [0.2, 0.25) is 5.02 Å². The van der Waals surface area contributed by atoms with E-state index in [1.54, 1.807) is 18.2 Å². The van der Waals surface area contributed by atoms with E-state index in [0.717, 1.165) is 24.8 Å². The van der Waals surface area contributed by atoms with Crippen molar-refractivity contribution in [3.8, 4) is 0 Å². The number of rotatable bonds is 6. The molecule has 3 atom stereocenters. The summed E-state index contributed by atoms with van der Waals surface area (Å²) >= 11 is 5.99. The van der Waals surface area contributed by atoms with Gasteiger partial charge in [-0.05, 0) is 43.0 Å². The molecule has 0 saturated heterocycles. The van der Waals surface area contributed by atoms with E-state index in [1.165, 1.54) is 0 Å². The summed E-state index contributed by atoms with van der Waals surface area (Å²) in [6, 6.07) is 6.65. The maximum atomic E-state index is 12.5. The number of nitrogens with two attached hydrogens (primary N) is 2. The smallest absolute Gasteiger partial charge is 0.223 e. The van der Waals surface area contributed by atoms with Crippen LogP contribution in [0.1, 0.15) is 37.3 Å². The van der Waals surface area contributed by atoms with E-state index in [-0.39, 0.29) is 36.6 Å². The summed E-state index contributed by atoms with van der Waals surface area (Å²) in [5.41, 5.74) is 11.8. The number of benzene rings is 1. The van der Waals surface area contributed by atoms with Crippen molar-refractivity contribution in [1.29, 1.82) is 0 Å². The molecule has 5 nitrogen and oxygen atoms in total. The molecule has 2 amide bonds. The van der Waals surface area contributed by atoms with Gasteiger partial charge in [-0.1, -0.05) is 30.2 Å². The fourth-order valence-electron chi connectivity index (χ4n) is 3.12. The fraction of sp³-hybridized carbons (Fsp3) is 0.500. The van der Waals surface area contributed by atoms with E-state index in [4.69, 9.17) is 23.1 Å². The van der Waals surface area contributed by atoms with Crippen LogP contribution in [0, 0.1) is 11.8 Å². The van der Waals surface area contributed by atoms with Crippen LogP contribution in [0.15, 0.2) is 24.3 Å². The minimum Gasteiger partial charge on any atom is -0.370 e. The van der Waals surface area contributed by atoms with E-state index in [1.807, 2.05) is 6.07 Å². The summed E-state index contributed by atoms with van der Waals surface area (Å²) < 4.78 is 0. The molecule has 23 heavy (non-hydrogen) atoms. The van der Waals surface area contributed by atoms with Gasteiger partial charge in [0.2, 0.25) is 11.8 Å². The third-order valence-electron chi connectivity index (χ3n) is 4.27. The van der Waals surface area contributed by atoms with Crippen LogP contribution in [-0.2, 0) is 9.59 Å². The summed E-state index contributed by atoms with van der Waals surface area (Å²) in [6.07, 6.45) is 2.88. The van der Waals surface area contributed by atoms with Crippen molar-refractivity contribution in [3.63, 3.8) is 0 Å². The van der Waals surface area contributed by atoms with Crippen molar-refractivity contribution in [2.75, 3.05) is 6.54 Å². The van der Waals surface area contributed by atoms with Gasteiger partial charge in [0.25, 0.3) is 0 Å². The quantitative estimate of drug-likeness (QED) is 0.725. The Labute approximate surface area is 147 Å². The van der Waals surface area contributed by atoms with Gasteiger partial charge in [0, 0.05) is 10.9 Å². The zero-order chi connectivity index (χ0) is 16.1. The maximum Gasteiger partial charge on any atom is 0.223 e. The van der Waals surface area contributed by atoms with Crippen molar-refractivity contribution < 1.29 is 9.59 Å². The lowest BCUT2D eigenvalue weighted by Gasteiger charge is -2.23. The largest absolute Gasteiger partial charge is 0.370 e. The fourth-order valence-corrected chi connectivity index (χ4v) is 3.32. The van der Waals surface area contributed by atoms with E-state index in [2.05, 4.69) is 5.32 Å². The summed E-state index contributed by atoms with van der Waals surface area (Å²) in [5, 5.41) is 3.50. The number of halogens is 2. The number of primary amides is 1. The average molecular weight is 360 g/mol. The lowest BCUT2D eigenvalue weighted by atomic mass is 9.94. The summed E-state index contributed by atoms with van der Waals surface area (Å²) in [4.78, 5) is 23.8. The maximum absolute atomic E-state index is 12.5. The van der Waals surface area contributed by atoms with E-state index < -0.39 is 11.9 Å². The Hall–Kier alpha value is -1.30.